The fourth-order valence-electron chi connectivity index (χ4n) is 1.53. The summed E-state index contributed by atoms with van der Waals surface area (Å²) in [6.45, 7) is 0. The van der Waals surface area contributed by atoms with E-state index in [1.807, 2.05) is 18.2 Å². The number of aliphatic hydroxyl groups is 1. The molecule has 2 rings (SSSR count). The van der Waals surface area contributed by atoms with Crippen LogP contribution in [-0.4, -0.2) is 14.9 Å². The Labute approximate surface area is 110 Å². The van der Waals surface area contributed by atoms with Crippen LogP contribution >= 0.6 is 7.60 Å². The van der Waals surface area contributed by atoms with Crippen LogP contribution in [0.2, 0.25) is 0 Å². The van der Waals surface area contributed by atoms with E-state index >= 15 is 0 Å². The largest absolute Gasteiger partial charge is 0.457 e. The lowest BCUT2D eigenvalue weighted by Crippen LogP contribution is -1.98. The number of ether oxygens (including phenoxy) is 1. The average Bonchev–Trinajstić information content (AvgIpc) is 2.39. The van der Waals surface area contributed by atoms with Gasteiger partial charge in [0.1, 0.15) is 11.5 Å². The zero-order valence-electron chi connectivity index (χ0n) is 9.88. The second kappa shape index (κ2) is 5.55. The fraction of sp³-hybridized carbons (Fsp3) is 0.0769. The van der Waals surface area contributed by atoms with Crippen LogP contribution in [0.15, 0.2) is 54.6 Å². The van der Waals surface area contributed by atoms with E-state index in [1.165, 1.54) is 12.1 Å². The summed E-state index contributed by atoms with van der Waals surface area (Å²) in [5.74, 6) is -0.628. The third-order valence-corrected chi connectivity index (χ3v) is 3.41. The van der Waals surface area contributed by atoms with Crippen molar-refractivity contribution in [3.63, 3.8) is 0 Å². The van der Waals surface area contributed by atoms with E-state index in [-0.39, 0.29) is 5.56 Å². The summed E-state index contributed by atoms with van der Waals surface area (Å²) in [6, 6.07) is 15.0. The van der Waals surface area contributed by atoms with Crippen molar-refractivity contribution >= 4 is 7.60 Å². The van der Waals surface area contributed by atoms with E-state index in [4.69, 9.17) is 14.5 Å². The zero-order valence-corrected chi connectivity index (χ0v) is 10.8. The SMILES string of the molecule is O=P(O)(O)[C@H](O)c1ccc(Oc2ccccc2)cc1. The minimum Gasteiger partial charge on any atom is -0.457 e. The van der Waals surface area contributed by atoms with Crippen LogP contribution in [0.4, 0.5) is 0 Å². The Hall–Kier alpha value is -1.65. The average molecular weight is 280 g/mol. The molecule has 0 aliphatic heterocycles. The maximum atomic E-state index is 10.9. The van der Waals surface area contributed by atoms with E-state index < -0.39 is 13.4 Å². The van der Waals surface area contributed by atoms with Gasteiger partial charge >= 0.3 is 7.60 Å². The highest BCUT2D eigenvalue weighted by molar-refractivity contribution is 7.51. The lowest BCUT2D eigenvalue weighted by molar-refractivity contribution is 0.205. The number of hydrogen-bond acceptors (Lipinski definition) is 3. The maximum absolute atomic E-state index is 10.9. The molecule has 19 heavy (non-hydrogen) atoms. The van der Waals surface area contributed by atoms with Gasteiger partial charge in [-0.3, -0.25) is 4.57 Å². The molecule has 3 N–H and O–H groups in total. The summed E-state index contributed by atoms with van der Waals surface area (Å²) in [7, 11) is -4.55. The molecule has 1 atom stereocenters. The number of rotatable bonds is 4. The topological polar surface area (TPSA) is 87.0 Å². The molecule has 0 spiro atoms. The second-order valence-electron chi connectivity index (χ2n) is 3.95. The van der Waals surface area contributed by atoms with Gasteiger partial charge in [0.25, 0.3) is 0 Å². The molecular formula is C13H13O5P. The Bertz CT molecular complexity index is 576. The molecule has 0 aliphatic rings. The number of benzene rings is 2. The van der Waals surface area contributed by atoms with Crippen molar-refractivity contribution in [3.8, 4) is 11.5 Å². The maximum Gasteiger partial charge on any atom is 0.358 e. The van der Waals surface area contributed by atoms with Crippen molar-refractivity contribution in [2.24, 2.45) is 0 Å². The van der Waals surface area contributed by atoms with Crippen LogP contribution < -0.4 is 4.74 Å². The van der Waals surface area contributed by atoms with Crippen LogP contribution in [0.5, 0.6) is 11.5 Å². The molecule has 0 bridgehead atoms. The summed E-state index contributed by atoms with van der Waals surface area (Å²) in [5.41, 5.74) is 0.147. The monoisotopic (exact) mass is 280 g/mol. The molecule has 0 saturated carbocycles. The highest BCUT2D eigenvalue weighted by atomic mass is 31.2. The summed E-state index contributed by atoms with van der Waals surface area (Å²) in [6.07, 6.45) is 0. The first-order valence-corrected chi connectivity index (χ1v) is 7.21. The Morgan fingerprint density at radius 2 is 1.42 bits per heavy atom. The van der Waals surface area contributed by atoms with Crippen molar-refractivity contribution in [3.05, 3.63) is 60.2 Å². The van der Waals surface area contributed by atoms with E-state index in [1.54, 1.807) is 24.3 Å². The molecule has 0 amide bonds. The molecule has 0 aliphatic carbocycles. The van der Waals surface area contributed by atoms with E-state index in [9.17, 15) is 9.67 Å². The molecule has 0 unspecified atom stereocenters. The third kappa shape index (κ3) is 3.66. The van der Waals surface area contributed by atoms with Gasteiger partial charge in [0, 0.05) is 0 Å². The number of hydrogen-bond donors (Lipinski definition) is 3. The quantitative estimate of drug-likeness (QED) is 0.749. The molecule has 2 aromatic carbocycles. The van der Waals surface area contributed by atoms with Gasteiger partial charge in [-0.15, -0.1) is 0 Å². The Kier molecular flexibility index (Phi) is 4.02. The van der Waals surface area contributed by atoms with Gasteiger partial charge in [0.15, 0.2) is 5.85 Å². The molecule has 0 fully saturated rings. The molecule has 0 heterocycles. The van der Waals surface area contributed by atoms with Crippen LogP contribution in [-0.2, 0) is 4.57 Å². The third-order valence-electron chi connectivity index (χ3n) is 2.48. The molecule has 0 aromatic heterocycles. The van der Waals surface area contributed by atoms with Crippen molar-refractivity contribution in [2.75, 3.05) is 0 Å². The molecule has 0 saturated heterocycles. The minimum atomic E-state index is -4.55. The van der Waals surface area contributed by atoms with Crippen molar-refractivity contribution in [2.45, 2.75) is 5.85 Å². The summed E-state index contributed by atoms with van der Waals surface area (Å²) in [4.78, 5) is 17.7. The smallest absolute Gasteiger partial charge is 0.358 e. The van der Waals surface area contributed by atoms with E-state index in [2.05, 4.69) is 0 Å². The molecule has 0 radical (unpaired) electrons. The zero-order chi connectivity index (χ0) is 13.9. The normalized spacial score (nSPS) is 13.0. The molecule has 2 aromatic rings. The van der Waals surface area contributed by atoms with Crippen molar-refractivity contribution in [1.29, 1.82) is 0 Å². The van der Waals surface area contributed by atoms with Gasteiger partial charge in [-0.2, -0.15) is 0 Å². The molecule has 5 nitrogen and oxygen atoms in total. The Balaban J connectivity index is 2.13. The highest BCUT2D eigenvalue weighted by Gasteiger charge is 2.27. The summed E-state index contributed by atoms with van der Waals surface area (Å²) >= 11 is 0. The first-order chi connectivity index (χ1) is 8.97. The van der Waals surface area contributed by atoms with Crippen molar-refractivity contribution < 1.29 is 24.2 Å². The van der Waals surface area contributed by atoms with Gasteiger partial charge in [-0.05, 0) is 29.8 Å². The predicted octanol–water partition coefficient (Wildman–Crippen LogP) is 2.65. The molecular weight excluding hydrogens is 267 g/mol. The highest BCUT2D eigenvalue weighted by Crippen LogP contribution is 2.49. The van der Waals surface area contributed by atoms with Crippen LogP contribution in [0.25, 0.3) is 0 Å². The number of aliphatic hydroxyl groups excluding tert-OH is 1. The molecule has 100 valence electrons. The Morgan fingerprint density at radius 1 is 0.895 bits per heavy atom. The lowest BCUT2D eigenvalue weighted by atomic mass is 10.2. The van der Waals surface area contributed by atoms with Gasteiger partial charge < -0.3 is 19.6 Å². The predicted molar refractivity (Wildman–Crippen MR) is 70.0 cm³/mol. The van der Waals surface area contributed by atoms with E-state index in [0.717, 1.165) is 0 Å². The second-order valence-corrected chi connectivity index (χ2v) is 5.61. The first-order valence-electron chi connectivity index (χ1n) is 5.53. The van der Waals surface area contributed by atoms with Crippen molar-refractivity contribution in [1.82, 2.24) is 0 Å². The Morgan fingerprint density at radius 3 is 1.95 bits per heavy atom. The van der Waals surface area contributed by atoms with Gasteiger partial charge in [0.2, 0.25) is 0 Å². The van der Waals surface area contributed by atoms with Gasteiger partial charge in [-0.1, -0.05) is 30.3 Å². The summed E-state index contributed by atoms with van der Waals surface area (Å²) < 4.78 is 16.4. The minimum absolute atomic E-state index is 0.147. The standard InChI is InChI=1S/C13H13O5P/c14-13(19(15,16)17)10-6-8-12(9-7-10)18-11-4-2-1-3-5-11/h1-9,13-14H,(H2,15,16,17)/t13-/m0/s1. The van der Waals surface area contributed by atoms with Crippen LogP contribution in [0.1, 0.15) is 11.4 Å². The molecule has 6 heteroatoms. The number of para-hydroxylation sites is 1. The van der Waals surface area contributed by atoms with Gasteiger partial charge in [0.05, 0.1) is 0 Å². The lowest BCUT2D eigenvalue weighted by Gasteiger charge is -2.13. The fourth-order valence-corrected chi connectivity index (χ4v) is 2.09. The summed E-state index contributed by atoms with van der Waals surface area (Å²) in [5, 5.41) is 9.43. The van der Waals surface area contributed by atoms with Gasteiger partial charge in [-0.25, -0.2) is 0 Å². The van der Waals surface area contributed by atoms with E-state index in [0.29, 0.717) is 11.5 Å². The first kappa shape index (κ1) is 13.8. The van der Waals surface area contributed by atoms with Crippen LogP contribution in [0.3, 0.4) is 0 Å². The van der Waals surface area contributed by atoms with Crippen LogP contribution in [0, 0.1) is 0 Å².